The van der Waals surface area contributed by atoms with E-state index in [0.29, 0.717) is 35.5 Å². The Bertz CT molecular complexity index is 585. The molecule has 2 rings (SSSR count). The minimum atomic E-state index is -3.43. The van der Waals surface area contributed by atoms with Crippen LogP contribution in [-0.4, -0.2) is 32.9 Å². The summed E-state index contributed by atoms with van der Waals surface area (Å²) in [6.45, 7) is 3.57. The molecule has 1 N–H and O–H groups in total. The lowest BCUT2D eigenvalue weighted by Crippen LogP contribution is -2.37. The molecule has 118 valence electrons. The van der Waals surface area contributed by atoms with Gasteiger partial charge in [-0.15, -0.1) is 0 Å². The molecule has 1 fully saturated rings. The molecule has 21 heavy (non-hydrogen) atoms. The first-order chi connectivity index (χ1) is 9.98. The number of benzene rings is 1. The molecular weight excluding hydrogens is 308 g/mol. The van der Waals surface area contributed by atoms with E-state index < -0.39 is 10.0 Å². The van der Waals surface area contributed by atoms with Crippen LogP contribution < -0.4 is 5.32 Å². The Morgan fingerprint density at radius 3 is 2.62 bits per heavy atom. The Hall–Kier alpha value is -0.620. The molecule has 1 aromatic rings. The third kappa shape index (κ3) is 3.77. The maximum Gasteiger partial charge on any atom is 0.243 e. The van der Waals surface area contributed by atoms with Gasteiger partial charge in [-0.2, -0.15) is 4.31 Å². The Morgan fingerprint density at radius 1 is 1.38 bits per heavy atom. The van der Waals surface area contributed by atoms with Crippen molar-refractivity contribution in [3.05, 3.63) is 28.8 Å². The lowest BCUT2D eigenvalue weighted by molar-refractivity contribution is 0.250. The van der Waals surface area contributed by atoms with Crippen LogP contribution in [0.4, 0.5) is 0 Å². The van der Waals surface area contributed by atoms with Crippen LogP contribution in [0.1, 0.15) is 31.7 Å². The van der Waals surface area contributed by atoms with E-state index in [2.05, 4.69) is 5.32 Å². The summed E-state index contributed by atoms with van der Waals surface area (Å²) >= 11 is 6.11. The lowest BCUT2D eigenvalue weighted by Gasteiger charge is -2.31. The Kier molecular flexibility index (Phi) is 5.66. The van der Waals surface area contributed by atoms with E-state index in [9.17, 15) is 8.42 Å². The molecule has 0 radical (unpaired) electrons. The zero-order chi connectivity index (χ0) is 15.5. The average Bonchev–Trinajstić information content (AvgIpc) is 2.40. The smallest absolute Gasteiger partial charge is 0.243 e. The standard InChI is InChI=1S/C15H23ClN2O2S/c1-3-18(11-12-5-4-6-12)21(19,20)14-7-8-15(16)13(9-14)10-17-2/h7-9,12,17H,3-6,10-11H2,1-2H3. The van der Waals surface area contributed by atoms with Crippen molar-refractivity contribution in [3.63, 3.8) is 0 Å². The molecule has 4 nitrogen and oxygen atoms in total. The van der Waals surface area contributed by atoms with Gasteiger partial charge in [0, 0.05) is 24.7 Å². The zero-order valence-electron chi connectivity index (χ0n) is 12.6. The van der Waals surface area contributed by atoms with Crippen molar-refractivity contribution in [1.82, 2.24) is 9.62 Å². The van der Waals surface area contributed by atoms with E-state index in [4.69, 9.17) is 11.6 Å². The predicted octanol–water partition coefficient (Wildman–Crippen LogP) is 2.87. The summed E-state index contributed by atoms with van der Waals surface area (Å²) in [5.41, 5.74) is 0.805. The molecule has 0 unspecified atom stereocenters. The molecule has 0 heterocycles. The van der Waals surface area contributed by atoms with Gasteiger partial charge in [0.25, 0.3) is 0 Å². The molecule has 0 bridgehead atoms. The van der Waals surface area contributed by atoms with Crippen LogP contribution in [0.3, 0.4) is 0 Å². The number of sulfonamides is 1. The van der Waals surface area contributed by atoms with Crippen molar-refractivity contribution in [2.24, 2.45) is 5.92 Å². The number of hydrogen-bond acceptors (Lipinski definition) is 3. The van der Waals surface area contributed by atoms with Gasteiger partial charge in [-0.05, 0) is 49.6 Å². The second-order valence-corrected chi connectivity index (χ2v) is 7.88. The van der Waals surface area contributed by atoms with E-state index >= 15 is 0 Å². The quantitative estimate of drug-likeness (QED) is 0.836. The molecule has 1 saturated carbocycles. The highest BCUT2D eigenvalue weighted by Crippen LogP contribution is 2.30. The number of nitrogens with one attached hydrogen (secondary N) is 1. The monoisotopic (exact) mass is 330 g/mol. The van der Waals surface area contributed by atoms with Crippen molar-refractivity contribution in [3.8, 4) is 0 Å². The molecule has 0 saturated heterocycles. The van der Waals surface area contributed by atoms with Gasteiger partial charge in [0.1, 0.15) is 0 Å². The van der Waals surface area contributed by atoms with Crippen LogP contribution in [0.15, 0.2) is 23.1 Å². The van der Waals surface area contributed by atoms with Crippen molar-refractivity contribution in [2.45, 2.75) is 37.6 Å². The number of nitrogens with zero attached hydrogens (tertiary/aromatic N) is 1. The summed E-state index contributed by atoms with van der Waals surface area (Å²) in [5.74, 6) is 0.517. The van der Waals surface area contributed by atoms with E-state index in [1.54, 1.807) is 22.5 Å². The van der Waals surface area contributed by atoms with Crippen LogP contribution in [-0.2, 0) is 16.6 Å². The lowest BCUT2D eigenvalue weighted by atomic mass is 9.85. The molecule has 0 aliphatic heterocycles. The second-order valence-electron chi connectivity index (χ2n) is 5.54. The van der Waals surface area contributed by atoms with E-state index in [-0.39, 0.29) is 0 Å². The highest BCUT2D eigenvalue weighted by molar-refractivity contribution is 7.89. The minimum absolute atomic E-state index is 0.332. The molecular formula is C15H23ClN2O2S. The first-order valence-corrected chi connectivity index (χ1v) is 9.24. The molecule has 0 atom stereocenters. The van der Waals surface area contributed by atoms with Gasteiger partial charge in [-0.3, -0.25) is 0 Å². The summed E-state index contributed by atoms with van der Waals surface area (Å²) in [5, 5.41) is 3.59. The molecule has 0 aromatic heterocycles. The summed E-state index contributed by atoms with van der Waals surface area (Å²) in [7, 11) is -1.62. The maximum atomic E-state index is 12.8. The molecule has 0 amide bonds. The summed E-state index contributed by atoms with van der Waals surface area (Å²) in [6.07, 6.45) is 3.49. The largest absolute Gasteiger partial charge is 0.316 e. The fourth-order valence-corrected chi connectivity index (χ4v) is 4.31. The Morgan fingerprint density at radius 2 is 2.10 bits per heavy atom. The summed E-state index contributed by atoms with van der Waals surface area (Å²) in [6, 6.07) is 4.94. The van der Waals surface area contributed by atoms with Crippen LogP contribution in [0, 0.1) is 5.92 Å². The van der Waals surface area contributed by atoms with E-state index in [1.807, 2.05) is 14.0 Å². The first-order valence-electron chi connectivity index (χ1n) is 7.42. The highest BCUT2D eigenvalue weighted by Gasteiger charge is 2.28. The third-order valence-electron chi connectivity index (χ3n) is 4.06. The van der Waals surface area contributed by atoms with E-state index in [0.717, 1.165) is 18.4 Å². The number of rotatable bonds is 7. The topological polar surface area (TPSA) is 49.4 Å². The molecule has 1 aromatic carbocycles. The number of hydrogen-bond donors (Lipinski definition) is 1. The second kappa shape index (κ2) is 7.09. The van der Waals surface area contributed by atoms with Crippen molar-refractivity contribution >= 4 is 21.6 Å². The Labute approximate surface area is 132 Å². The Balaban J connectivity index is 2.26. The fraction of sp³-hybridized carbons (Fsp3) is 0.600. The van der Waals surface area contributed by atoms with Gasteiger partial charge in [0.05, 0.1) is 4.90 Å². The van der Waals surface area contributed by atoms with Gasteiger partial charge in [-0.1, -0.05) is 24.9 Å². The zero-order valence-corrected chi connectivity index (χ0v) is 14.2. The third-order valence-corrected chi connectivity index (χ3v) is 6.37. The predicted molar refractivity (Wildman–Crippen MR) is 86.0 cm³/mol. The SMILES string of the molecule is CCN(CC1CCC1)S(=O)(=O)c1ccc(Cl)c(CNC)c1. The van der Waals surface area contributed by atoms with Crippen molar-refractivity contribution in [2.75, 3.05) is 20.1 Å². The van der Waals surface area contributed by atoms with Gasteiger partial charge >= 0.3 is 0 Å². The fourth-order valence-electron chi connectivity index (χ4n) is 2.55. The van der Waals surface area contributed by atoms with Crippen LogP contribution in [0.5, 0.6) is 0 Å². The average molecular weight is 331 g/mol. The maximum absolute atomic E-state index is 12.8. The summed E-state index contributed by atoms with van der Waals surface area (Å²) in [4.78, 5) is 0.332. The normalized spacial score (nSPS) is 16.2. The van der Waals surface area contributed by atoms with Gasteiger partial charge in [-0.25, -0.2) is 8.42 Å². The van der Waals surface area contributed by atoms with E-state index in [1.165, 1.54) is 6.42 Å². The molecule has 1 aliphatic carbocycles. The van der Waals surface area contributed by atoms with Gasteiger partial charge in [0.15, 0.2) is 0 Å². The van der Waals surface area contributed by atoms with Crippen LogP contribution in [0.25, 0.3) is 0 Å². The highest BCUT2D eigenvalue weighted by atomic mass is 35.5. The van der Waals surface area contributed by atoms with Crippen LogP contribution in [0.2, 0.25) is 5.02 Å². The van der Waals surface area contributed by atoms with Crippen LogP contribution >= 0.6 is 11.6 Å². The number of halogens is 1. The van der Waals surface area contributed by atoms with Crippen molar-refractivity contribution < 1.29 is 8.42 Å². The first kappa shape index (κ1) is 16.7. The molecule has 0 spiro atoms. The molecule has 1 aliphatic rings. The van der Waals surface area contributed by atoms with Gasteiger partial charge in [0.2, 0.25) is 10.0 Å². The van der Waals surface area contributed by atoms with Crippen molar-refractivity contribution in [1.29, 1.82) is 0 Å². The summed E-state index contributed by atoms with van der Waals surface area (Å²) < 4.78 is 27.1. The van der Waals surface area contributed by atoms with Gasteiger partial charge < -0.3 is 5.32 Å². The minimum Gasteiger partial charge on any atom is -0.316 e. The molecule has 6 heteroatoms.